The van der Waals surface area contributed by atoms with Crippen molar-refractivity contribution in [3.8, 4) is 0 Å². The number of rotatable bonds is 38. The van der Waals surface area contributed by atoms with Gasteiger partial charge in [0, 0.05) is 19.4 Å². The number of piperidine rings is 1. The fraction of sp³-hybridized carbons (Fsp3) is 0.851. The molecule has 0 aromatic rings. The summed E-state index contributed by atoms with van der Waals surface area (Å²) in [6.45, 7) is 7.61. The number of nitrogens with zero attached hydrogens (tertiary/aromatic N) is 1. The van der Waals surface area contributed by atoms with Crippen LogP contribution in [0.5, 0.6) is 0 Å². The normalized spacial score (nSPS) is 14.1. The molecule has 1 unspecified atom stereocenters. The number of alkyl carbamates (subject to hydrolysis) is 1. The molecule has 1 atom stereocenters. The van der Waals surface area contributed by atoms with Crippen LogP contribution in [0.2, 0.25) is 0 Å². The van der Waals surface area contributed by atoms with E-state index >= 15 is 0 Å². The Labute approximate surface area is 338 Å². The van der Waals surface area contributed by atoms with Crippen molar-refractivity contribution in [3.05, 3.63) is 24.3 Å². The van der Waals surface area contributed by atoms with Gasteiger partial charge in [-0.2, -0.15) is 0 Å². The van der Waals surface area contributed by atoms with Crippen LogP contribution in [0.25, 0.3) is 0 Å². The number of unbranched alkanes of at least 4 members (excludes halogenated alkanes) is 22. The van der Waals surface area contributed by atoms with Gasteiger partial charge >= 0.3 is 18.0 Å². The number of hydrogen-bond acceptors (Lipinski definition) is 7. The highest BCUT2D eigenvalue weighted by Crippen LogP contribution is 2.13. The second-order valence-electron chi connectivity index (χ2n) is 15.9. The van der Waals surface area contributed by atoms with Gasteiger partial charge < -0.3 is 19.5 Å². The molecule has 1 N–H and O–H groups in total. The van der Waals surface area contributed by atoms with E-state index in [1.165, 1.54) is 128 Å². The molecule has 0 bridgehead atoms. The van der Waals surface area contributed by atoms with Crippen LogP contribution >= 0.6 is 0 Å². The maximum absolute atomic E-state index is 12.7. The summed E-state index contributed by atoms with van der Waals surface area (Å²) in [7, 11) is 0. The molecule has 0 aromatic heterocycles. The SMILES string of the molecule is CCCCCCCC/C=C\CCCCCCCC(=O)OCC(CNC(=O)OCCN1CCCCC1)OC(=O)CCCCCCC/C=C\CCCCCCCC. The van der Waals surface area contributed by atoms with Gasteiger partial charge in [-0.15, -0.1) is 0 Å². The minimum atomic E-state index is -0.747. The van der Waals surface area contributed by atoms with Crippen LogP contribution in [0, 0.1) is 0 Å². The second kappa shape index (κ2) is 39.9. The minimum Gasteiger partial charge on any atom is -0.462 e. The van der Waals surface area contributed by atoms with Gasteiger partial charge in [0.05, 0.1) is 6.54 Å². The Hall–Kier alpha value is -2.35. The Morgan fingerprint density at radius 2 is 0.982 bits per heavy atom. The Balaban J connectivity index is 2.25. The predicted molar refractivity (Wildman–Crippen MR) is 229 cm³/mol. The number of allylic oxidation sites excluding steroid dienone is 4. The topological polar surface area (TPSA) is 94.2 Å². The van der Waals surface area contributed by atoms with Gasteiger partial charge in [-0.05, 0) is 90.1 Å². The number of ether oxygens (including phenoxy) is 3. The summed E-state index contributed by atoms with van der Waals surface area (Å²) in [4.78, 5) is 40.0. The zero-order valence-electron chi connectivity index (χ0n) is 35.9. The van der Waals surface area contributed by atoms with Crippen molar-refractivity contribution in [1.29, 1.82) is 0 Å². The van der Waals surface area contributed by atoms with E-state index in [0.717, 1.165) is 77.4 Å². The lowest BCUT2D eigenvalue weighted by atomic mass is 10.1. The van der Waals surface area contributed by atoms with Crippen molar-refractivity contribution in [2.24, 2.45) is 0 Å². The van der Waals surface area contributed by atoms with Crippen molar-refractivity contribution in [2.45, 2.75) is 219 Å². The van der Waals surface area contributed by atoms with Crippen LogP contribution in [0.1, 0.15) is 213 Å². The van der Waals surface area contributed by atoms with E-state index in [9.17, 15) is 14.4 Å². The van der Waals surface area contributed by atoms with Crippen LogP contribution in [0.3, 0.4) is 0 Å². The summed E-state index contributed by atoms with van der Waals surface area (Å²) in [5.41, 5.74) is 0. The highest BCUT2D eigenvalue weighted by Gasteiger charge is 2.19. The van der Waals surface area contributed by atoms with Gasteiger partial charge in [0.1, 0.15) is 13.2 Å². The average Bonchev–Trinajstić information content (AvgIpc) is 3.19. The number of carbonyl (C=O) groups excluding carboxylic acids is 3. The lowest BCUT2D eigenvalue weighted by Gasteiger charge is -2.26. The maximum atomic E-state index is 12.7. The Bertz CT molecular complexity index is 948. The molecule has 1 saturated heterocycles. The van der Waals surface area contributed by atoms with Gasteiger partial charge in [-0.25, -0.2) is 4.79 Å². The number of amides is 1. The maximum Gasteiger partial charge on any atom is 0.407 e. The van der Waals surface area contributed by atoms with Crippen molar-refractivity contribution < 1.29 is 28.6 Å². The van der Waals surface area contributed by atoms with Gasteiger partial charge in [0.2, 0.25) is 0 Å². The molecule has 1 rings (SSSR count). The standard InChI is InChI=1S/C47H86N2O6/c1-3-5-7-9-11-13-15-17-19-21-23-25-27-29-32-36-45(50)54-43-44(42-48-47(52)53-41-40-49-38-34-31-35-39-49)55-46(51)37-33-30-28-26-24-22-20-18-16-14-12-10-8-6-4-2/h17-20,44H,3-16,21-43H2,1-2H3,(H,48,52)/b19-17-,20-18-. The number of esters is 2. The molecule has 55 heavy (non-hydrogen) atoms. The zero-order valence-corrected chi connectivity index (χ0v) is 35.9. The fourth-order valence-electron chi connectivity index (χ4n) is 7.02. The summed E-state index contributed by atoms with van der Waals surface area (Å²) in [6, 6.07) is 0. The van der Waals surface area contributed by atoms with E-state index in [2.05, 4.69) is 48.4 Å². The van der Waals surface area contributed by atoms with E-state index in [1.807, 2.05) is 0 Å². The number of hydrogen-bond donors (Lipinski definition) is 1. The first kappa shape index (κ1) is 50.7. The summed E-state index contributed by atoms with van der Waals surface area (Å²) >= 11 is 0. The van der Waals surface area contributed by atoms with Crippen LogP contribution in [-0.4, -0.2) is 68.4 Å². The summed E-state index contributed by atoms with van der Waals surface area (Å²) in [5.74, 6) is -0.615. The van der Waals surface area contributed by atoms with E-state index in [1.54, 1.807) is 0 Å². The Morgan fingerprint density at radius 3 is 1.47 bits per heavy atom. The quantitative estimate of drug-likeness (QED) is 0.0289. The molecule has 8 nitrogen and oxygen atoms in total. The van der Waals surface area contributed by atoms with Crippen LogP contribution < -0.4 is 5.32 Å². The molecular formula is C47H86N2O6. The molecule has 0 aromatic carbocycles. The molecule has 0 aliphatic carbocycles. The molecule has 320 valence electrons. The molecule has 1 amide bonds. The third-order valence-corrected chi connectivity index (χ3v) is 10.6. The first-order valence-corrected chi connectivity index (χ1v) is 23.3. The molecule has 1 heterocycles. The van der Waals surface area contributed by atoms with Crippen molar-refractivity contribution >= 4 is 18.0 Å². The van der Waals surface area contributed by atoms with Crippen molar-refractivity contribution in [2.75, 3.05) is 39.4 Å². The highest BCUT2D eigenvalue weighted by atomic mass is 16.6. The van der Waals surface area contributed by atoms with Gasteiger partial charge in [-0.3, -0.25) is 14.5 Å². The predicted octanol–water partition coefficient (Wildman–Crippen LogP) is 12.7. The van der Waals surface area contributed by atoms with Gasteiger partial charge in [0.25, 0.3) is 0 Å². The summed E-state index contributed by atoms with van der Waals surface area (Å²) in [5, 5.41) is 2.71. The average molecular weight is 775 g/mol. The van der Waals surface area contributed by atoms with Crippen LogP contribution in [0.4, 0.5) is 4.79 Å². The number of nitrogens with one attached hydrogen (secondary N) is 1. The molecule has 0 spiro atoms. The van der Waals surface area contributed by atoms with E-state index in [0.29, 0.717) is 19.4 Å². The smallest absolute Gasteiger partial charge is 0.407 e. The summed E-state index contributed by atoms with van der Waals surface area (Å²) in [6.07, 6.45) is 43.6. The zero-order chi connectivity index (χ0) is 39.7. The fourth-order valence-corrected chi connectivity index (χ4v) is 7.02. The molecule has 0 saturated carbocycles. The van der Waals surface area contributed by atoms with Gasteiger partial charge in [-0.1, -0.05) is 147 Å². The van der Waals surface area contributed by atoms with Crippen LogP contribution in [-0.2, 0) is 23.8 Å². The van der Waals surface area contributed by atoms with E-state index in [-0.39, 0.29) is 25.1 Å². The molecule has 1 aliphatic heterocycles. The Morgan fingerprint density at radius 1 is 0.545 bits per heavy atom. The van der Waals surface area contributed by atoms with Crippen LogP contribution in [0.15, 0.2) is 24.3 Å². The second-order valence-corrected chi connectivity index (χ2v) is 15.9. The minimum absolute atomic E-state index is 0.0430. The van der Waals surface area contributed by atoms with Gasteiger partial charge in [0.15, 0.2) is 6.10 Å². The van der Waals surface area contributed by atoms with Crippen molar-refractivity contribution in [3.63, 3.8) is 0 Å². The third kappa shape index (κ3) is 35.8. The largest absolute Gasteiger partial charge is 0.462 e. The van der Waals surface area contributed by atoms with E-state index < -0.39 is 12.2 Å². The summed E-state index contributed by atoms with van der Waals surface area (Å²) < 4.78 is 16.6. The molecular weight excluding hydrogens is 689 g/mol. The lowest BCUT2D eigenvalue weighted by Crippen LogP contribution is -2.39. The van der Waals surface area contributed by atoms with Crippen molar-refractivity contribution in [1.82, 2.24) is 10.2 Å². The lowest BCUT2D eigenvalue weighted by molar-refractivity contribution is -0.158. The first-order chi connectivity index (χ1) is 27.0. The highest BCUT2D eigenvalue weighted by molar-refractivity contribution is 5.70. The van der Waals surface area contributed by atoms with E-state index in [4.69, 9.17) is 14.2 Å². The molecule has 0 radical (unpaired) electrons. The molecule has 8 heteroatoms. The monoisotopic (exact) mass is 775 g/mol. The number of likely N-dealkylation sites (tertiary alicyclic amines) is 1. The third-order valence-electron chi connectivity index (χ3n) is 10.6. The number of carbonyl (C=O) groups is 3. The first-order valence-electron chi connectivity index (χ1n) is 23.3. The Kier molecular flexibility index (Phi) is 36.7. The molecule has 1 fully saturated rings. The molecule has 1 aliphatic rings.